The lowest BCUT2D eigenvalue weighted by molar-refractivity contribution is 0.668. The van der Waals surface area contributed by atoms with Crippen molar-refractivity contribution in [2.24, 2.45) is 0 Å². The van der Waals surface area contributed by atoms with Crippen molar-refractivity contribution in [1.29, 1.82) is 0 Å². The Kier molecular flexibility index (Phi) is 2.04. The molecule has 1 aliphatic carbocycles. The summed E-state index contributed by atoms with van der Waals surface area (Å²) in [5.41, 5.74) is 3.57. The third-order valence-electron chi connectivity index (χ3n) is 3.55. The fourth-order valence-corrected chi connectivity index (χ4v) is 2.50. The van der Waals surface area contributed by atoms with Gasteiger partial charge in [0.25, 0.3) is 0 Å². The number of hydrogen-bond acceptors (Lipinski definition) is 1. The lowest BCUT2D eigenvalue weighted by atomic mass is 10.1. The van der Waals surface area contributed by atoms with Gasteiger partial charge in [0, 0.05) is 10.9 Å². The summed E-state index contributed by atoms with van der Waals surface area (Å²) in [5, 5.41) is 6.10. The van der Waals surface area contributed by atoms with Gasteiger partial charge in [-0.3, -0.25) is 4.68 Å². The van der Waals surface area contributed by atoms with Crippen molar-refractivity contribution < 1.29 is 0 Å². The maximum Gasteiger partial charge on any atom is 0.100 e. The Morgan fingerprint density at radius 3 is 2.39 bits per heavy atom. The molecule has 0 atom stereocenters. The highest BCUT2D eigenvalue weighted by Crippen LogP contribution is 2.39. The fraction of sp³-hybridized carbons (Fsp3) is 0.188. The Balaban J connectivity index is 2.00. The van der Waals surface area contributed by atoms with Gasteiger partial charge in [-0.25, -0.2) is 0 Å². The molecule has 0 N–H and O–H groups in total. The van der Waals surface area contributed by atoms with E-state index in [1.54, 1.807) is 0 Å². The maximum atomic E-state index is 4.84. The van der Waals surface area contributed by atoms with Gasteiger partial charge in [0.1, 0.15) is 5.69 Å². The van der Waals surface area contributed by atoms with E-state index in [9.17, 15) is 0 Å². The maximum absolute atomic E-state index is 4.84. The molecule has 1 fully saturated rings. The van der Waals surface area contributed by atoms with E-state index in [0.717, 1.165) is 5.69 Å². The molecular weight excluding hydrogens is 220 g/mol. The Labute approximate surface area is 106 Å². The molecule has 1 aromatic heterocycles. The van der Waals surface area contributed by atoms with E-state index < -0.39 is 0 Å². The third kappa shape index (κ3) is 1.46. The normalized spacial score (nSPS) is 15.1. The smallest absolute Gasteiger partial charge is 0.100 e. The zero-order valence-corrected chi connectivity index (χ0v) is 10.1. The zero-order valence-electron chi connectivity index (χ0n) is 10.1. The number of benzene rings is 2. The van der Waals surface area contributed by atoms with Crippen LogP contribution in [0.2, 0.25) is 0 Å². The first-order valence-electron chi connectivity index (χ1n) is 6.46. The molecule has 2 aromatic carbocycles. The molecule has 3 aromatic rings. The summed E-state index contributed by atoms with van der Waals surface area (Å²) in [7, 11) is 0. The van der Waals surface area contributed by atoms with Gasteiger partial charge in [0.15, 0.2) is 0 Å². The number of para-hydroxylation sites is 1. The van der Waals surface area contributed by atoms with Gasteiger partial charge in [-0.05, 0) is 18.9 Å². The number of hydrogen-bond donors (Lipinski definition) is 0. The molecule has 0 aliphatic heterocycles. The van der Waals surface area contributed by atoms with E-state index in [0.29, 0.717) is 6.04 Å². The molecule has 18 heavy (non-hydrogen) atoms. The lowest BCUT2D eigenvalue weighted by Gasteiger charge is -1.98. The van der Waals surface area contributed by atoms with Crippen LogP contribution in [-0.4, -0.2) is 9.78 Å². The molecule has 4 rings (SSSR count). The molecule has 0 saturated heterocycles. The molecule has 2 nitrogen and oxygen atoms in total. The van der Waals surface area contributed by atoms with Crippen molar-refractivity contribution in [3.63, 3.8) is 0 Å². The molecule has 1 heterocycles. The average molecular weight is 234 g/mol. The van der Waals surface area contributed by atoms with Crippen molar-refractivity contribution in [1.82, 2.24) is 9.78 Å². The highest BCUT2D eigenvalue weighted by Gasteiger charge is 2.27. The number of aromatic nitrogens is 2. The van der Waals surface area contributed by atoms with Gasteiger partial charge in [-0.2, -0.15) is 5.10 Å². The SMILES string of the molecule is c1ccc(-c2nn(C3CC3)c3ccccc23)cc1. The van der Waals surface area contributed by atoms with Gasteiger partial charge in [0.05, 0.1) is 11.6 Å². The second-order valence-corrected chi connectivity index (χ2v) is 4.91. The van der Waals surface area contributed by atoms with Crippen molar-refractivity contribution in [3.05, 3.63) is 54.6 Å². The van der Waals surface area contributed by atoms with Gasteiger partial charge < -0.3 is 0 Å². The van der Waals surface area contributed by atoms with Gasteiger partial charge in [-0.15, -0.1) is 0 Å². The first-order chi connectivity index (χ1) is 8.93. The minimum atomic E-state index is 0.618. The highest BCUT2D eigenvalue weighted by molar-refractivity contribution is 5.93. The van der Waals surface area contributed by atoms with Crippen LogP contribution < -0.4 is 0 Å². The summed E-state index contributed by atoms with van der Waals surface area (Å²) < 4.78 is 2.21. The van der Waals surface area contributed by atoms with Crippen LogP contribution in [0.1, 0.15) is 18.9 Å². The monoisotopic (exact) mass is 234 g/mol. The first-order valence-corrected chi connectivity index (χ1v) is 6.46. The third-order valence-corrected chi connectivity index (χ3v) is 3.55. The van der Waals surface area contributed by atoms with Crippen LogP contribution in [0.5, 0.6) is 0 Å². The van der Waals surface area contributed by atoms with Crippen molar-refractivity contribution in [2.75, 3.05) is 0 Å². The van der Waals surface area contributed by atoms with Crippen molar-refractivity contribution in [2.45, 2.75) is 18.9 Å². The molecule has 88 valence electrons. The van der Waals surface area contributed by atoms with E-state index in [2.05, 4.69) is 53.2 Å². The summed E-state index contributed by atoms with van der Waals surface area (Å²) in [5.74, 6) is 0. The van der Waals surface area contributed by atoms with Crippen LogP contribution in [0.25, 0.3) is 22.2 Å². The molecule has 1 saturated carbocycles. The van der Waals surface area contributed by atoms with Gasteiger partial charge in [-0.1, -0.05) is 48.5 Å². The largest absolute Gasteiger partial charge is 0.261 e. The predicted molar refractivity (Wildman–Crippen MR) is 73.4 cm³/mol. The van der Waals surface area contributed by atoms with Crippen molar-refractivity contribution >= 4 is 10.9 Å². The molecule has 0 bridgehead atoms. The van der Waals surface area contributed by atoms with E-state index in [4.69, 9.17) is 5.10 Å². The van der Waals surface area contributed by atoms with Crippen LogP contribution in [0, 0.1) is 0 Å². The summed E-state index contributed by atoms with van der Waals surface area (Å²) in [6, 6.07) is 19.6. The van der Waals surface area contributed by atoms with Crippen LogP contribution >= 0.6 is 0 Å². The predicted octanol–water partition coefficient (Wildman–Crippen LogP) is 4.04. The minimum absolute atomic E-state index is 0.618. The highest BCUT2D eigenvalue weighted by atomic mass is 15.3. The van der Waals surface area contributed by atoms with Crippen LogP contribution in [0.3, 0.4) is 0 Å². The first kappa shape index (κ1) is 9.89. The number of nitrogens with zero attached hydrogens (tertiary/aromatic N) is 2. The Hall–Kier alpha value is -2.09. The molecule has 0 unspecified atom stereocenters. The van der Waals surface area contributed by atoms with E-state index in [-0.39, 0.29) is 0 Å². The summed E-state index contributed by atoms with van der Waals surface area (Å²) >= 11 is 0. The quantitative estimate of drug-likeness (QED) is 0.654. The standard InChI is InChI=1S/C16H14N2/c1-2-6-12(7-3-1)16-14-8-4-5-9-15(14)18(17-16)13-10-11-13/h1-9,13H,10-11H2. The Morgan fingerprint density at radius 2 is 1.61 bits per heavy atom. The van der Waals surface area contributed by atoms with Crippen LogP contribution in [0.4, 0.5) is 0 Å². The fourth-order valence-electron chi connectivity index (χ4n) is 2.50. The van der Waals surface area contributed by atoms with E-state index in [1.165, 1.54) is 29.3 Å². The number of rotatable bonds is 2. The molecular formula is C16H14N2. The van der Waals surface area contributed by atoms with Crippen LogP contribution in [-0.2, 0) is 0 Å². The Bertz CT molecular complexity index is 693. The Morgan fingerprint density at radius 1 is 0.889 bits per heavy atom. The van der Waals surface area contributed by atoms with E-state index >= 15 is 0 Å². The molecule has 0 spiro atoms. The second kappa shape index (κ2) is 3.70. The lowest BCUT2D eigenvalue weighted by Crippen LogP contribution is -1.95. The second-order valence-electron chi connectivity index (χ2n) is 4.91. The topological polar surface area (TPSA) is 17.8 Å². The van der Waals surface area contributed by atoms with E-state index in [1.807, 2.05) is 6.07 Å². The van der Waals surface area contributed by atoms with Gasteiger partial charge >= 0.3 is 0 Å². The van der Waals surface area contributed by atoms with Crippen LogP contribution in [0.15, 0.2) is 54.6 Å². The number of fused-ring (bicyclic) bond motifs is 1. The summed E-state index contributed by atoms with van der Waals surface area (Å²) in [6.45, 7) is 0. The summed E-state index contributed by atoms with van der Waals surface area (Å²) in [6.07, 6.45) is 2.53. The summed E-state index contributed by atoms with van der Waals surface area (Å²) in [4.78, 5) is 0. The average Bonchev–Trinajstić information content (AvgIpc) is 3.21. The molecule has 0 radical (unpaired) electrons. The molecule has 2 heteroatoms. The van der Waals surface area contributed by atoms with Gasteiger partial charge in [0.2, 0.25) is 0 Å². The molecule has 0 amide bonds. The molecule has 1 aliphatic rings. The zero-order chi connectivity index (χ0) is 11.9. The van der Waals surface area contributed by atoms with Crippen molar-refractivity contribution in [3.8, 4) is 11.3 Å². The minimum Gasteiger partial charge on any atom is -0.261 e.